The summed E-state index contributed by atoms with van der Waals surface area (Å²) in [5, 5.41) is 13.3. The van der Waals surface area contributed by atoms with Crippen molar-refractivity contribution in [3.8, 4) is 0 Å². The largest absolute Gasteiger partial charge is 0.394 e. The number of amides is 1. The van der Waals surface area contributed by atoms with Crippen LogP contribution in [0.25, 0.3) is 10.9 Å². The molecule has 8 nitrogen and oxygen atoms in total. The third-order valence-corrected chi connectivity index (χ3v) is 3.94. The van der Waals surface area contributed by atoms with Gasteiger partial charge in [-0.1, -0.05) is 18.2 Å². The number of aromatic nitrogens is 3. The molecular formula is C17H18N4O4. The normalized spacial score (nSPS) is 12.2. The summed E-state index contributed by atoms with van der Waals surface area (Å²) in [4.78, 5) is 40.0. The summed E-state index contributed by atoms with van der Waals surface area (Å²) in [6.45, 7) is -0.467. The van der Waals surface area contributed by atoms with Crippen molar-refractivity contribution >= 4 is 16.8 Å². The van der Waals surface area contributed by atoms with Gasteiger partial charge in [0.15, 0.2) is 0 Å². The maximum Gasteiger partial charge on any atom is 0.328 e. The van der Waals surface area contributed by atoms with Gasteiger partial charge in [-0.05, 0) is 18.1 Å². The van der Waals surface area contributed by atoms with Crippen molar-refractivity contribution in [2.24, 2.45) is 0 Å². The molecule has 1 unspecified atom stereocenters. The Kier molecular flexibility index (Phi) is 4.80. The zero-order valence-electron chi connectivity index (χ0n) is 13.4. The second kappa shape index (κ2) is 7.18. The fourth-order valence-electron chi connectivity index (χ4n) is 2.72. The summed E-state index contributed by atoms with van der Waals surface area (Å²) >= 11 is 0. The summed E-state index contributed by atoms with van der Waals surface area (Å²) in [7, 11) is 0. The summed E-state index contributed by atoms with van der Waals surface area (Å²) in [6, 6.07) is 8.46. The molecule has 3 rings (SSSR count). The summed E-state index contributed by atoms with van der Waals surface area (Å²) < 4.78 is 1.09. The number of benzene rings is 1. The van der Waals surface area contributed by atoms with E-state index in [0.717, 1.165) is 21.0 Å². The van der Waals surface area contributed by atoms with E-state index in [1.165, 1.54) is 12.3 Å². The topological polar surface area (TPSA) is 120 Å². The highest BCUT2D eigenvalue weighted by atomic mass is 16.3. The number of hydrogen-bond donors (Lipinski definition) is 4. The smallest absolute Gasteiger partial charge is 0.328 e. The number of H-pyrrole nitrogens is 2. The summed E-state index contributed by atoms with van der Waals surface area (Å²) in [6.07, 6.45) is 3.56. The molecule has 0 saturated heterocycles. The quantitative estimate of drug-likeness (QED) is 0.493. The average Bonchev–Trinajstić information content (AvgIpc) is 3.00. The molecule has 0 fully saturated rings. The standard InChI is InChI=1S/C17H18N4O4/c22-10-12(7-11-8-18-14-4-2-1-3-13(11)14)19-16(24)9-21-6-5-15(23)20-17(21)25/h1-6,8,12,18,22H,7,9-10H2,(H,19,24)(H,20,23,25). The van der Waals surface area contributed by atoms with E-state index in [1.54, 1.807) is 0 Å². The van der Waals surface area contributed by atoms with Crippen molar-refractivity contribution < 1.29 is 9.90 Å². The third-order valence-electron chi connectivity index (χ3n) is 3.94. The Morgan fingerprint density at radius 3 is 2.80 bits per heavy atom. The molecule has 1 atom stereocenters. The predicted molar refractivity (Wildman–Crippen MR) is 92.3 cm³/mol. The van der Waals surface area contributed by atoms with Crippen LogP contribution in [0.5, 0.6) is 0 Å². The van der Waals surface area contributed by atoms with E-state index in [4.69, 9.17) is 0 Å². The number of carbonyl (C=O) groups is 1. The lowest BCUT2D eigenvalue weighted by molar-refractivity contribution is -0.122. The minimum absolute atomic E-state index is 0.230. The van der Waals surface area contributed by atoms with Crippen molar-refractivity contribution in [1.82, 2.24) is 19.9 Å². The van der Waals surface area contributed by atoms with Crippen molar-refractivity contribution in [2.75, 3.05) is 6.61 Å². The fourth-order valence-corrected chi connectivity index (χ4v) is 2.72. The molecular weight excluding hydrogens is 324 g/mol. The number of aliphatic hydroxyl groups excluding tert-OH is 1. The van der Waals surface area contributed by atoms with Gasteiger partial charge in [0.1, 0.15) is 6.54 Å². The first-order valence-corrected chi connectivity index (χ1v) is 7.82. The van der Waals surface area contributed by atoms with Crippen molar-refractivity contribution in [1.29, 1.82) is 0 Å². The molecule has 2 aromatic heterocycles. The van der Waals surface area contributed by atoms with E-state index in [2.05, 4.69) is 15.3 Å². The van der Waals surface area contributed by atoms with E-state index in [0.29, 0.717) is 6.42 Å². The number of aliphatic hydroxyl groups is 1. The van der Waals surface area contributed by atoms with Gasteiger partial charge < -0.3 is 15.4 Å². The van der Waals surface area contributed by atoms with E-state index in [-0.39, 0.29) is 13.2 Å². The van der Waals surface area contributed by atoms with Crippen LogP contribution >= 0.6 is 0 Å². The molecule has 0 aliphatic rings. The van der Waals surface area contributed by atoms with Crippen LogP contribution in [0.15, 0.2) is 52.3 Å². The number of nitrogens with zero attached hydrogens (tertiary/aromatic N) is 1. The number of nitrogens with one attached hydrogen (secondary N) is 3. The molecule has 1 aromatic carbocycles. The van der Waals surface area contributed by atoms with Crippen LogP contribution in [0.4, 0.5) is 0 Å². The van der Waals surface area contributed by atoms with Crippen molar-refractivity contribution in [2.45, 2.75) is 19.0 Å². The first-order valence-electron chi connectivity index (χ1n) is 7.82. The number of fused-ring (bicyclic) bond motifs is 1. The van der Waals surface area contributed by atoms with Crippen LogP contribution in [-0.2, 0) is 17.8 Å². The predicted octanol–water partition coefficient (Wildman–Crippen LogP) is -0.262. The zero-order chi connectivity index (χ0) is 17.8. The molecule has 0 aliphatic heterocycles. The van der Waals surface area contributed by atoms with E-state index < -0.39 is 23.2 Å². The lowest BCUT2D eigenvalue weighted by atomic mass is 10.1. The van der Waals surface area contributed by atoms with Crippen LogP contribution < -0.4 is 16.6 Å². The first kappa shape index (κ1) is 16.7. The third kappa shape index (κ3) is 3.86. The van der Waals surface area contributed by atoms with E-state index in [9.17, 15) is 19.5 Å². The number of hydrogen-bond acceptors (Lipinski definition) is 4. The highest BCUT2D eigenvalue weighted by molar-refractivity contribution is 5.83. The van der Waals surface area contributed by atoms with Crippen LogP contribution in [0, 0.1) is 0 Å². The molecule has 130 valence electrons. The number of para-hydroxylation sites is 1. The molecule has 4 N–H and O–H groups in total. The molecule has 1 amide bonds. The molecule has 0 bridgehead atoms. The first-order chi connectivity index (χ1) is 12.1. The number of aromatic amines is 2. The maximum absolute atomic E-state index is 12.1. The summed E-state index contributed by atoms with van der Waals surface area (Å²) in [5.41, 5.74) is 0.797. The Labute approximate surface area is 142 Å². The average molecular weight is 342 g/mol. The Morgan fingerprint density at radius 1 is 1.24 bits per heavy atom. The Balaban J connectivity index is 1.68. The highest BCUT2D eigenvalue weighted by Gasteiger charge is 2.15. The van der Waals surface area contributed by atoms with Gasteiger partial charge >= 0.3 is 5.69 Å². The van der Waals surface area contributed by atoms with Gasteiger partial charge in [-0.2, -0.15) is 0 Å². The molecule has 0 aliphatic carbocycles. The zero-order valence-corrected chi connectivity index (χ0v) is 13.4. The Bertz CT molecular complexity index is 1000. The molecule has 3 aromatic rings. The SMILES string of the molecule is O=C(Cn1ccc(=O)[nH]c1=O)NC(CO)Cc1c[nH]c2ccccc12. The second-order valence-corrected chi connectivity index (χ2v) is 5.75. The van der Waals surface area contributed by atoms with Crippen molar-refractivity contribution in [3.63, 3.8) is 0 Å². The Hall–Kier alpha value is -3.13. The van der Waals surface area contributed by atoms with Crippen molar-refractivity contribution in [3.05, 3.63) is 69.1 Å². The maximum atomic E-state index is 12.1. The lowest BCUT2D eigenvalue weighted by Crippen LogP contribution is -2.42. The minimum atomic E-state index is -0.653. The van der Waals surface area contributed by atoms with Gasteiger partial charge in [-0.25, -0.2) is 4.79 Å². The number of rotatable bonds is 6. The van der Waals surface area contributed by atoms with Gasteiger partial charge in [0.25, 0.3) is 5.56 Å². The van der Waals surface area contributed by atoms with E-state index >= 15 is 0 Å². The van der Waals surface area contributed by atoms with Crippen LogP contribution in [0.3, 0.4) is 0 Å². The van der Waals surface area contributed by atoms with Crippen LogP contribution in [-0.4, -0.2) is 38.2 Å². The van der Waals surface area contributed by atoms with Gasteiger partial charge in [-0.15, -0.1) is 0 Å². The van der Waals surface area contributed by atoms with Gasteiger partial charge in [0, 0.05) is 29.4 Å². The van der Waals surface area contributed by atoms with Gasteiger partial charge in [0.05, 0.1) is 12.6 Å². The highest BCUT2D eigenvalue weighted by Crippen LogP contribution is 2.18. The molecule has 0 radical (unpaired) electrons. The lowest BCUT2D eigenvalue weighted by Gasteiger charge is -2.16. The molecule has 2 heterocycles. The van der Waals surface area contributed by atoms with Gasteiger partial charge in [0.2, 0.25) is 5.91 Å². The monoisotopic (exact) mass is 342 g/mol. The number of carbonyl (C=O) groups excluding carboxylic acids is 1. The molecule has 25 heavy (non-hydrogen) atoms. The van der Waals surface area contributed by atoms with Crippen LogP contribution in [0.2, 0.25) is 0 Å². The second-order valence-electron chi connectivity index (χ2n) is 5.75. The van der Waals surface area contributed by atoms with E-state index in [1.807, 2.05) is 30.5 Å². The summed E-state index contributed by atoms with van der Waals surface area (Å²) in [5.74, 6) is -0.423. The molecule has 0 saturated carbocycles. The van der Waals surface area contributed by atoms with Gasteiger partial charge in [-0.3, -0.25) is 19.1 Å². The Morgan fingerprint density at radius 2 is 2.04 bits per heavy atom. The minimum Gasteiger partial charge on any atom is -0.394 e. The fraction of sp³-hybridized carbons (Fsp3) is 0.235. The van der Waals surface area contributed by atoms with Crippen LogP contribution in [0.1, 0.15) is 5.56 Å². The molecule has 8 heteroatoms. The molecule has 0 spiro atoms.